The number of pyridine rings is 1. The Balaban J connectivity index is 1.31. The molecule has 1 aliphatic carbocycles. The van der Waals surface area contributed by atoms with E-state index < -0.39 is 29.1 Å². The maximum absolute atomic E-state index is 16.0. The number of hydrogen-bond acceptors (Lipinski definition) is 8. The van der Waals surface area contributed by atoms with Crippen LogP contribution in [0.4, 0.5) is 10.1 Å². The number of nitrogens with one attached hydrogen (secondary N) is 2. The SMILES string of the molecule is COc1nc(-c2cccc(-c3cccc(NC(=O)c4cn(C)c(=O)n(C)c4=O)c3F)c2C)cc2c1C(NC1CCOCC1O)CC2. The van der Waals surface area contributed by atoms with Gasteiger partial charge in [-0.1, -0.05) is 30.3 Å². The molecule has 1 amide bonds. The van der Waals surface area contributed by atoms with Crippen LogP contribution in [0.3, 0.4) is 0 Å². The van der Waals surface area contributed by atoms with Gasteiger partial charge in [-0.05, 0) is 55.0 Å². The standard InChI is InChI=1S/C34H36FN5O6/c1-18-20(22-9-6-10-26(30(22)35)37-31(42)23-16-39(2)34(44)40(3)33(23)43)7-5-8-21(18)27-15-19-11-12-25(29(19)32(38-27)45-4)36-24-13-14-46-17-28(24)41/h5-10,15-16,24-25,28,36,41H,11-14,17H2,1-4H3,(H,37,42). The van der Waals surface area contributed by atoms with Crippen LogP contribution in [0.2, 0.25) is 0 Å². The number of ether oxygens (including phenoxy) is 2. The highest BCUT2D eigenvalue weighted by Gasteiger charge is 2.33. The molecule has 11 nitrogen and oxygen atoms in total. The molecule has 4 aromatic rings. The molecule has 1 fully saturated rings. The van der Waals surface area contributed by atoms with Crippen molar-refractivity contribution < 1.29 is 23.8 Å². The summed E-state index contributed by atoms with van der Waals surface area (Å²) in [4.78, 5) is 42.5. The molecule has 1 saturated heterocycles. The Morgan fingerprint density at radius 1 is 1.11 bits per heavy atom. The Hall–Kier alpha value is -4.65. The quantitative estimate of drug-likeness (QED) is 0.284. The van der Waals surface area contributed by atoms with Gasteiger partial charge in [-0.25, -0.2) is 14.2 Å². The number of fused-ring (bicyclic) bond motifs is 1. The van der Waals surface area contributed by atoms with Crippen molar-refractivity contribution in [3.05, 3.63) is 97.6 Å². The molecule has 2 aromatic heterocycles. The summed E-state index contributed by atoms with van der Waals surface area (Å²) in [6, 6.07) is 12.2. The van der Waals surface area contributed by atoms with Crippen molar-refractivity contribution in [2.75, 3.05) is 25.6 Å². The molecule has 2 aliphatic rings. The van der Waals surface area contributed by atoms with E-state index in [1.807, 2.05) is 25.1 Å². The molecular formula is C34H36FN5O6. The third-order valence-corrected chi connectivity index (χ3v) is 8.93. The van der Waals surface area contributed by atoms with Gasteiger partial charge in [0.25, 0.3) is 11.5 Å². The number of rotatable bonds is 7. The monoisotopic (exact) mass is 629 g/mol. The lowest BCUT2D eigenvalue weighted by Gasteiger charge is -2.31. The van der Waals surface area contributed by atoms with Gasteiger partial charge in [-0.3, -0.25) is 14.2 Å². The van der Waals surface area contributed by atoms with Crippen molar-refractivity contribution >= 4 is 11.6 Å². The van der Waals surface area contributed by atoms with Crippen LogP contribution >= 0.6 is 0 Å². The van der Waals surface area contributed by atoms with Crippen LogP contribution in [0.5, 0.6) is 5.88 Å². The van der Waals surface area contributed by atoms with E-state index in [1.165, 1.54) is 20.2 Å². The van der Waals surface area contributed by atoms with Crippen LogP contribution in [0.1, 0.15) is 45.9 Å². The molecule has 46 heavy (non-hydrogen) atoms. The van der Waals surface area contributed by atoms with E-state index in [0.717, 1.165) is 56.8 Å². The van der Waals surface area contributed by atoms with E-state index in [0.29, 0.717) is 30.4 Å². The van der Waals surface area contributed by atoms with Gasteiger partial charge in [-0.15, -0.1) is 0 Å². The first-order valence-electron chi connectivity index (χ1n) is 15.2. The van der Waals surface area contributed by atoms with E-state index >= 15 is 4.39 Å². The number of benzene rings is 2. The molecule has 3 atom stereocenters. The number of aliphatic hydroxyl groups is 1. The fraction of sp³-hybridized carbons (Fsp3) is 0.353. The van der Waals surface area contributed by atoms with Crippen LogP contribution in [0, 0.1) is 12.7 Å². The highest BCUT2D eigenvalue weighted by Crippen LogP contribution is 2.41. The Labute approximate surface area is 264 Å². The third kappa shape index (κ3) is 5.63. The minimum atomic E-state index is -0.828. The molecule has 3 unspecified atom stereocenters. The maximum atomic E-state index is 16.0. The highest BCUT2D eigenvalue weighted by atomic mass is 19.1. The third-order valence-electron chi connectivity index (χ3n) is 8.93. The van der Waals surface area contributed by atoms with Crippen molar-refractivity contribution in [1.29, 1.82) is 0 Å². The number of carbonyl (C=O) groups excluding carboxylic acids is 1. The molecule has 6 rings (SSSR count). The Bertz CT molecular complexity index is 1950. The summed E-state index contributed by atoms with van der Waals surface area (Å²) in [5.74, 6) is -0.984. The summed E-state index contributed by atoms with van der Waals surface area (Å²) in [5, 5.41) is 16.5. The van der Waals surface area contributed by atoms with Crippen LogP contribution in [-0.4, -0.2) is 57.6 Å². The Morgan fingerprint density at radius 2 is 1.85 bits per heavy atom. The second-order valence-corrected chi connectivity index (χ2v) is 11.8. The number of nitrogens with zero attached hydrogens (tertiary/aromatic N) is 3. The fourth-order valence-electron chi connectivity index (χ4n) is 6.44. The van der Waals surface area contributed by atoms with Crippen LogP contribution in [0.25, 0.3) is 22.4 Å². The number of aryl methyl sites for hydroxylation is 2. The lowest BCUT2D eigenvalue weighted by Crippen LogP contribution is -2.47. The van der Waals surface area contributed by atoms with Crippen molar-refractivity contribution in [3.63, 3.8) is 0 Å². The van der Waals surface area contributed by atoms with Gasteiger partial charge in [-0.2, -0.15) is 0 Å². The summed E-state index contributed by atoms with van der Waals surface area (Å²) >= 11 is 0. The van der Waals surface area contributed by atoms with Gasteiger partial charge in [0.1, 0.15) is 5.56 Å². The highest BCUT2D eigenvalue weighted by molar-refractivity contribution is 6.04. The number of carbonyl (C=O) groups is 1. The largest absolute Gasteiger partial charge is 0.481 e. The zero-order valence-electron chi connectivity index (χ0n) is 26.1. The average molecular weight is 630 g/mol. The molecular weight excluding hydrogens is 593 g/mol. The van der Waals surface area contributed by atoms with Crippen LogP contribution < -0.4 is 26.6 Å². The summed E-state index contributed by atoms with van der Waals surface area (Å²) in [7, 11) is 4.29. The van der Waals surface area contributed by atoms with Gasteiger partial charge in [0.2, 0.25) is 5.88 Å². The lowest BCUT2D eigenvalue weighted by molar-refractivity contribution is -0.0304. The minimum Gasteiger partial charge on any atom is -0.481 e. The number of aliphatic hydroxyl groups excluding tert-OH is 1. The molecule has 0 radical (unpaired) electrons. The molecule has 3 heterocycles. The number of hydrogen-bond donors (Lipinski definition) is 3. The number of aromatic nitrogens is 3. The molecule has 0 saturated carbocycles. The summed E-state index contributed by atoms with van der Waals surface area (Å²) in [6.07, 6.45) is 2.94. The Kier molecular flexibility index (Phi) is 8.60. The second-order valence-electron chi connectivity index (χ2n) is 11.8. The van der Waals surface area contributed by atoms with Crippen molar-refractivity contribution in [1.82, 2.24) is 19.4 Å². The number of anilines is 1. The van der Waals surface area contributed by atoms with Gasteiger partial charge < -0.3 is 29.8 Å². The zero-order chi connectivity index (χ0) is 32.7. The molecule has 1 aliphatic heterocycles. The number of methoxy groups -OCH3 is 1. The van der Waals surface area contributed by atoms with Gasteiger partial charge in [0.05, 0.1) is 31.2 Å². The normalized spacial score (nSPS) is 19.1. The summed E-state index contributed by atoms with van der Waals surface area (Å²) < 4.78 is 29.1. The van der Waals surface area contributed by atoms with Gasteiger partial charge in [0, 0.05) is 55.7 Å². The molecule has 0 bridgehead atoms. The van der Waals surface area contributed by atoms with E-state index in [9.17, 15) is 19.5 Å². The molecule has 2 aromatic carbocycles. The predicted molar refractivity (Wildman–Crippen MR) is 171 cm³/mol. The first-order chi connectivity index (χ1) is 22.1. The smallest absolute Gasteiger partial charge is 0.330 e. The van der Waals surface area contributed by atoms with Crippen molar-refractivity contribution in [2.45, 2.75) is 44.4 Å². The first kappa shape index (κ1) is 31.3. The molecule has 0 spiro atoms. The van der Waals surface area contributed by atoms with Gasteiger partial charge >= 0.3 is 5.69 Å². The van der Waals surface area contributed by atoms with Crippen molar-refractivity contribution in [3.8, 4) is 28.3 Å². The van der Waals surface area contributed by atoms with E-state index in [-0.39, 0.29) is 28.9 Å². The topological polar surface area (TPSA) is 137 Å². The Morgan fingerprint density at radius 3 is 2.61 bits per heavy atom. The summed E-state index contributed by atoms with van der Waals surface area (Å²) in [6.45, 7) is 2.80. The van der Waals surface area contributed by atoms with E-state index in [4.69, 9.17) is 14.5 Å². The predicted octanol–water partition coefficient (Wildman–Crippen LogP) is 3.25. The molecule has 12 heteroatoms. The van der Waals surface area contributed by atoms with Crippen molar-refractivity contribution in [2.24, 2.45) is 14.1 Å². The minimum absolute atomic E-state index is 0.00955. The van der Waals surface area contributed by atoms with E-state index in [1.54, 1.807) is 25.3 Å². The van der Waals surface area contributed by atoms with Crippen LogP contribution in [0.15, 0.2) is 58.3 Å². The average Bonchev–Trinajstić information content (AvgIpc) is 3.46. The number of amides is 1. The second kappa shape index (κ2) is 12.6. The first-order valence-corrected chi connectivity index (χ1v) is 15.2. The lowest BCUT2D eigenvalue weighted by atomic mass is 9.93. The maximum Gasteiger partial charge on any atom is 0.330 e. The number of halogens is 1. The summed E-state index contributed by atoms with van der Waals surface area (Å²) in [5.41, 5.74) is 3.50. The van der Waals surface area contributed by atoms with E-state index in [2.05, 4.69) is 10.6 Å². The van der Waals surface area contributed by atoms with Gasteiger partial charge in [0.15, 0.2) is 5.82 Å². The molecule has 240 valence electrons. The molecule has 3 N–H and O–H groups in total. The zero-order valence-corrected chi connectivity index (χ0v) is 26.1. The van der Waals surface area contributed by atoms with Crippen LogP contribution in [-0.2, 0) is 25.3 Å². The fourth-order valence-corrected chi connectivity index (χ4v) is 6.44.